The average Bonchev–Trinajstić information content (AvgIpc) is 3.60. The second-order valence-corrected chi connectivity index (χ2v) is 20.2. The topological polar surface area (TPSA) is 11.4 Å². The predicted octanol–water partition coefficient (Wildman–Crippen LogP) is 12.2. The van der Waals surface area contributed by atoms with Crippen molar-refractivity contribution in [1.29, 1.82) is 0 Å². The molecule has 7 aliphatic rings. The van der Waals surface area contributed by atoms with Crippen LogP contribution < -0.4 is 26.2 Å². The van der Waals surface area contributed by atoms with Crippen LogP contribution in [-0.2, 0) is 10.8 Å². The zero-order chi connectivity index (χ0) is 39.6. The standard InChI is InChI=1S/C56H48BN3/c1-55(2,3)36-25-26-45-52(32-36)59(40-14-10-13-39(33-40)58-47-20-7-4-15-41(47)42-16-5-8-21-48(42)58)50-23-12-24-51-53(50)57(45)46-19-11-18-44-54(46)60(51)49-22-9-6-17-43(49)56(44)37-28-34-27-35(30-37)31-38(56)29-34/h4-26,32-35,37-38H,27-31H2,1-3H3. The van der Waals surface area contributed by atoms with E-state index in [1.54, 1.807) is 11.1 Å². The maximum atomic E-state index is 2.72. The fourth-order valence-corrected chi connectivity index (χ4v) is 14.3. The highest BCUT2D eigenvalue weighted by molar-refractivity contribution is 7.00. The lowest BCUT2D eigenvalue weighted by molar-refractivity contribution is -0.0419. The lowest BCUT2D eigenvalue weighted by Gasteiger charge is -2.64. The minimum Gasteiger partial charge on any atom is -0.311 e. The van der Waals surface area contributed by atoms with E-state index in [0.29, 0.717) is 11.8 Å². The number of para-hydroxylation sites is 4. The van der Waals surface area contributed by atoms with Crippen molar-refractivity contribution in [3.8, 4) is 5.69 Å². The molecule has 4 aliphatic carbocycles. The van der Waals surface area contributed by atoms with Gasteiger partial charge in [0.25, 0.3) is 6.71 Å². The van der Waals surface area contributed by atoms with Gasteiger partial charge in [-0.05, 0) is 149 Å². The van der Waals surface area contributed by atoms with E-state index < -0.39 is 0 Å². The Kier molecular flexibility index (Phi) is 6.55. The third-order valence-corrected chi connectivity index (χ3v) is 16.3. The Bertz CT molecular complexity index is 3060. The fourth-order valence-electron chi connectivity index (χ4n) is 14.3. The van der Waals surface area contributed by atoms with E-state index in [4.69, 9.17) is 0 Å². The van der Waals surface area contributed by atoms with Crippen molar-refractivity contribution in [2.24, 2.45) is 23.7 Å². The van der Waals surface area contributed by atoms with Crippen LogP contribution in [0.2, 0.25) is 0 Å². The number of anilines is 6. The highest BCUT2D eigenvalue weighted by Gasteiger charge is 2.62. The number of nitrogens with zero attached hydrogens (tertiary/aromatic N) is 3. The van der Waals surface area contributed by atoms with E-state index in [0.717, 1.165) is 11.8 Å². The summed E-state index contributed by atoms with van der Waals surface area (Å²) in [6.07, 6.45) is 7.01. The molecular weight excluding hydrogens is 725 g/mol. The fraction of sp³-hybridized carbons (Fsp3) is 0.250. The lowest BCUT2D eigenvalue weighted by atomic mass is 9.32. The summed E-state index contributed by atoms with van der Waals surface area (Å²) in [4.78, 5) is 5.31. The summed E-state index contributed by atoms with van der Waals surface area (Å²) in [7, 11) is 0. The number of hydrogen-bond donors (Lipinski definition) is 0. The summed E-state index contributed by atoms with van der Waals surface area (Å²) in [5.74, 6) is 3.24. The van der Waals surface area contributed by atoms with Gasteiger partial charge in [-0.2, -0.15) is 0 Å². The number of hydrogen-bond acceptors (Lipinski definition) is 2. The maximum absolute atomic E-state index is 2.72. The molecule has 3 aliphatic heterocycles. The third kappa shape index (κ3) is 4.18. The molecule has 8 aromatic rings. The van der Waals surface area contributed by atoms with E-state index in [1.807, 2.05) is 0 Å². The predicted molar refractivity (Wildman–Crippen MR) is 251 cm³/mol. The van der Waals surface area contributed by atoms with Crippen LogP contribution in [0.25, 0.3) is 27.5 Å². The second-order valence-electron chi connectivity index (χ2n) is 20.2. The van der Waals surface area contributed by atoms with E-state index in [9.17, 15) is 0 Å². The summed E-state index contributed by atoms with van der Waals surface area (Å²) in [5.41, 5.74) is 20.5. The van der Waals surface area contributed by atoms with Crippen LogP contribution in [0.1, 0.15) is 69.6 Å². The Morgan fingerprint density at radius 3 is 1.83 bits per heavy atom. The molecule has 4 heteroatoms. The van der Waals surface area contributed by atoms with Gasteiger partial charge >= 0.3 is 0 Å². The van der Waals surface area contributed by atoms with Crippen LogP contribution in [0.4, 0.5) is 34.1 Å². The Morgan fingerprint density at radius 2 is 1.10 bits per heavy atom. The molecule has 4 bridgehead atoms. The van der Waals surface area contributed by atoms with Gasteiger partial charge in [0.15, 0.2) is 0 Å². The molecule has 4 saturated carbocycles. The Hall–Kier alpha value is -6.00. The minimum absolute atomic E-state index is 0.00151. The van der Waals surface area contributed by atoms with Crippen molar-refractivity contribution in [1.82, 2.24) is 4.57 Å². The van der Waals surface area contributed by atoms with Crippen LogP contribution >= 0.6 is 0 Å². The average molecular weight is 774 g/mol. The summed E-state index contributed by atoms with van der Waals surface area (Å²) in [6.45, 7) is 7.18. The van der Waals surface area contributed by atoms with Crippen LogP contribution in [-0.4, -0.2) is 11.3 Å². The molecule has 7 aromatic carbocycles. The van der Waals surface area contributed by atoms with Crippen molar-refractivity contribution < 1.29 is 0 Å². The first kappa shape index (κ1) is 33.8. The van der Waals surface area contributed by atoms with E-state index in [2.05, 4.69) is 187 Å². The molecule has 0 radical (unpaired) electrons. The van der Waals surface area contributed by atoms with Crippen molar-refractivity contribution in [3.63, 3.8) is 0 Å². The number of rotatable bonds is 2. The Labute approximate surface area is 353 Å². The molecule has 15 rings (SSSR count). The van der Waals surface area contributed by atoms with Gasteiger partial charge in [-0.15, -0.1) is 0 Å². The Morgan fingerprint density at radius 1 is 0.500 bits per heavy atom. The zero-order valence-corrected chi connectivity index (χ0v) is 34.7. The summed E-state index contributed by atoms with van der Waals surface area (Å²) < 4.78 is 2.45. The molecular formula is C56H48BN3. The molecule has 4 fully saturated rings. The summed E-state index contributed by atoms with van der Waals surface area (Å²) in [5, 5.41) is 2.57. The normalized spacial score (nSPS) is 23.9. The van der Waals surface area contributed by atoms with Gasteiger partial charge in [-0.25, -0.2) is 0 Å². The highest BCUT2D eigenvalue weighted by Crippen LogP contribution is 2.69. The van der Waals surface area contributed by atoms with Gasteiger partial charge in [0.05, 0.1) is 16.7 Å². The molecule has 4 heterocycles. The second kappa shape index (κ2) is 11.6. The van der Waals surface area contributed by atoms with Crippen molar-refractivity contribution in [2.75, 3.05) is 9.80 Å². The van der Waals surface area contributed by atoms with Gasteiger partial charge in [0.1, 0.15) is 0 Å². The number of fused-ring (bicyclic) bond motifs is 9. The summed E-state index contributed by atoms with van der Waals surface area (Å²) in [6, 6.07) is 58.7. The Balaban J connectivity index is 1.03. The lowest BCUT2D eigenvalue weighted by Crippen LogP contribution is -2.64. The maximum Gasteiger partial charge on any atom is 0.252 e. The minimum atomic E-state index is -0.00151. The van der Waals surface area contributed by atoms with Gasteiger partial charge in [0, 0.05) is 50.3 Å². The smallest absolute Gasteiger partial charge is 0.252 e. The summed E-state index contributed by atoms with van der Waals surface area (Å²) >= 11 is 0. The molecule has 0 amide bonds. The number of aromatic nitrogens is 1. The monoisotopic (exact) mass is 773 g/mol. The van der Waals surface area contributed by atoms with Crippen LogP contribution in [0.5, 0.6) is 0 Å². The van der Waals surface area contributed by atoms with E-state index >= 15 is 0 Å². The van der Waals surface area contributed by atoms with E-state index in [1.165, 1.54) is 116 Å². The van der Waals surface area contributed by atoms with Gasteiger partial charge < -0.3 is 14.4 Å². The first-order valence-electron chi connectivity index (χ1n) is 22.6. The van der Waals surface area contributed by atoms with Crippen molar-refractivity contribution in [2.45, 2.75) is 63.7 Å². The molecule has 0 saturated heterocycles. The largest absolute Gasteiger partial charge is 0.311 e. The molecule has 1 spiro atoms. The van der Waals surface area contributed by atoms with E-state index in [-0.39, 0.29) is 17.5 Å². The van der Waals surface area contributed by atoms with Crippen molar-refractivity contribution >= 4 is 79.0 Å². The van der Waals surface area contributed by atoms with Crippen LogP contribution in [0.3, 0.4) is 0 Å². The van der Waals surface area contributed by atoms with Gasteiger partial charge in [-0.3, -0.25) is 0 Å². The first-order valence-corrected chi connectivity index (χ1v) is 22.6. The molecule has 1 aromatic heterocycles. The molecule has 290 valence electrons. The first-order chi connectivity index (χ1) is 29.4. The molecule has 0 atom stereocenters. The molecule has 3 nitrogen and oxygen atoms in total. The third-order valence-electron chi connectivity index (χ3n) is 16.3. The highest BCUT2D eigenvalue weighted by atomic mass is 15.2. The molecule has 0 N–H and O–H groups in total. The molecule has 60 heavy (non-hydrogen) atoms. The zero-order valence-electron chi connectivity index (χ0n) is 34.7. The van der Waals surface area contributed by atoms with Gasteiger partial charge in [0.2, 0.25) is 0 Å². The SMILES string of the molecule is CC(C)(C)c1ccc2c(c1)N(c1cccc(-n3c4ccccc4c4ccccc43)c1)c1cccc3c1B2c1cccc2c1N3c1ccccc1C21C2CC3CC(C2)CC1C3. The quantitative estimate of drug-likeness (QED) is 0.162. The van der Waals surface area contributed by atoms with Crippen LogP contribution in [0, 0.1) is 23.7 Å². The number of benzene rings is 7. The van der Waals surface area contributed by atoms with Gasteiger partial charge in [-0.1, -0.05) is 118 Å². The van der Waals surface area contributed by atoms with Crippen LogP contribution in [0.15, 0.2) is 152 Å². The van der Waals surface area contributed by atoms with Crippen molar-refractivity contribution in [3.05, 3.63) is 168 Å². The molecule has 0 unspecified atom stereocenters.